The highest BCUT2D eigenvalue weighted by Crippen LogP contribution is 2.20. The van der Waals surface area contributed by atoms with Crippen LogP contribution in [0.3, 0.4) is 0 Å². The Morgan fingerprint density at radius 1 is 1.20 bits per heavy atom. The number of aryl methyl sites for hydroxylation is 2. The number of nitrogens with one attached hydrogen (secondary N) is 2. The number of hydrogen-bond acceptors (Lipinski definition) is 5. The first-order valence-corrected chi connectivity index (χ1v) is 8.13. The topological polar surface area (TPSA) is 103 Å². The van der Waals surface area contributed by atoms with Crippen molar-refractivity contribution in [3.63, 3.8) is 0 Å². The molecule has 0 unspecified atom stereocenters. The Kier molecular flexibility index (Phi) is 5.35. The first-order chi connectivity index (χ1) is 12.3. The third-order valence-corrected chi connectivity index (χ3v) is 3.76. The van der Waals surface area contributed by atoms with Gasteiger partial charge in [0.05, 0.1) is 11.9 Å². The molecule has 25 heavy (non-hydrogen) atoms. The Morgan fingerprint density at radius 3 is 2.76 bits per heavy atom. The molecule has 130 valence electrons. The largest absolute Gasteiger partial charge is 0.338 e. The first-order valence-electron chi connectivity index (χ1n) is 8.13. The fourth-order valence-corrected chi connectivity index (χ4v) is 2.45. The molecule has 9 nitrogen and oxygen atoms in total. The van der Waals surface area contributed by atoms with Gasteiger partial charge in [-0.05, 0) is 30.5 Å². The number of urea groups is 1. The van der Waals surface area contributed by atoms with E-state index in [2.05, 4.69) is 38.1 Å². The van der Waals surface area contributed by atoms with E-state index in [0.29, 0.717) is 13.1 Å². The quantitative estimate of drug-likeness (QED) is 0.637. The third kappa shape index (κ3) is 4.40. The molecule has 0 saturated heterocycles. The summed E-state index contributed by atoms with van der Waals surface area (Å²) in [6.45, 7) is 3.32. The molecule has 1 aromatic carbocycles. The molecule has 3 aromatic rings. The van der Waals surface area contributed by atoms with E-state index in [-0.39, 0.29) is 6.03 Å². The van der Waals surface area contributed by atoms with Gasteiger partial charge in [0, 0.05) is 25.0 Å². The van der Waals surface area contributed by atoms with Crippen LogP contribution in [0, 0.1) is 0 Å². The van der Waals surface area contributed by atoms with Crippen LogP contribution in [0.5, 0.6) is 0 Å². The van der Waals surface area contributed by atoms with Crippen molar-refractivity contribution in [3.8, 4) is 5.69 Å². The highest BCUT2D eigenvalue weighted by Gasteiger charge is 2.08. The Morgan fingerprint density at radius 2 is 2.04 bits per heavy atom. The number of anilines is 1. The molecule has 0 radical (unpaired) electrons. The van der Waals surface area contributed by atoms with Crippen LogP contribution < -0.4 is 10.6 Å². The average molecular weight is 340 g/mol. The second kappa shape index (κ2) is 8.04. The molecule has 0 spiro atoms. The van der Waals surface area contributed by atoms with Gasteiger partial charge in [-0.3, -0.25) is 9.25 Å². The van der Waals surface area contributed by atoms with Crippen molar-refractivity contribution >= 4 is 11.7 Å². The Hall–Kier alpha value is -3.23. The van der Waals surface area contributed by atoms with Gasteiger partial charge in [-0.2, -0.15) is 0 Å². The molecule has 0 aliphatic heterocycles. The summed E-state index contributed by atoms with van der Waals surface area (Å²) in [5.41, 5.74) is 2.74. The third-order valence-electron chi connectivity index (χ3n) is 3.76. The molecule has 0 saturated carbocycles. The number of nitrogens with zero attached hydrogens (tertiary/aromatic N) is 6. The average Bonchev–Trinajstić information content (AvgIpc) is 3.32. The number of amides is 2. The predicted octanol–water partition coefficient (Wildman–Crippen LogP) is 1.63. The number of hydrogen-bond donors (Lipinski definition) is 2. The van der Waals surface area contributed by atoms with Gasteiger partial charge in [0.25, 0.3) is 0 Å². The second-order valence-corrected chi connectivity index (χ2v) is 5.46. The summed E-state index contributed by atoms with van der Waals surface area (Å²) < 4.78 is 3.53. The lowest BCUT2D eigenvalue weighted by molar-refractivity contribution is 0.251. The SMILES string of the molecule is CCc1ccc(-n2cnnc2)cc1NC(=O)NCCCn1ccnn1. The lowest BCUT2D eigenvalue weighted by Gasteiger charge is -2.13. The van der Waals surface area contributed by atoms with Gasteiger partial charge in [-0.15, -0.1) is 15.3 Å². The normalized spacial score (nSPS) is 10.6. The molecule has 0 atom stereocenters. The summed E-state index contributed by atoms with van der Waals surface area (Å²) in [7, 11) is 0. The van der Waals surface area contributed by atoms with E-state index in [9.17, 15) is 4.79 Å². The molecule has 0 bridgehead atoms. The van der Waals surface area contributed by atoms with E-state index >= 15 is 0 Å². The van der Waals surface area contributed by atoms with Gasteiger partial charge in [-0.1, -0.05) is 18.2 Å². The van der Waals surface area contributed by atoms with Crippen LogP contribution in [0.1, 0.15) is 18.9 Å². The molecule has 2 heterocycles. The van der Waals surface area contributed by atoms with E-state index < -0.39 is 0 Å². The maximum absolute atomic E-state index is 12.2. The summed E-state index contributed by atoms with van der Waals surface area (Å²) in [5, 5.41) is 21.0. The molecule has 0 aliphatic rings. The standard InChI is InChI=1S/C16H20N8O/c1-2-13-4-5-14(23-11-19-20-12-23)10-15(13)21-16(25)17-6-3-8-24-9-7-18-22-24/h4-5,7,9-12H,2-3,6,8H2,1H3,(H2,17,21,25). The smallest absolute Gasteiger partial charge is 0.319 e. The van der Waals surface area contributed by atoms with E-state index in [1.165, 1.54) is 0 Å². The minimum atomic E-state index is -0.228. The fourth-order valence-electron chi connectivity index (χ4n) is 2.45. The molecule has 2 aromatic heterocycles. The summed E-state index contributed by atoms with van der Waals surface area (Å²) >= 11 is 0. The minimum absolute atomic E-state index is 0.228. The molecule has 2 amide bonds. The molecule has 2 N–H and O–H groups in total. The number of benzene rings is 1. The zero-order valence-electron chi connectivity index (χ0n) is 14.0. The highest BCUT2D eigenvalue weighted by atomic mass is 16.2. The van der Waals surface area contributed by atoms with Crippen LogP contribution in [0.4, 0.5) is 10.5 Å². The molecular formula is C16H20N8O. The molecule has 0 fully saturated rings. The van der Waals surface area contributed by atoms with Crippen LogP contribution in [-0.2, 0) is 13.0 Å². The van der Waals surface area contributed by atoms with E-state index in [1.807, 2.05) is 18.2 Å². The Balaban J connectivity index is 1.57. The van der Waals surface area contributed by atoms with Gasteiger partial charge < -0.3 is 10.6 Å². The monoisotopic (exact) mass is 340 g/mol. The van der Waals surface area contributed by atoms with Crippen LogP contribution >= 0.6 is 0 Å². The Labute approximate surface area is 145 Å². The lowest BCUT2D eigenvalue weighted by atomic mass is 10.1. The maximum atomic E-state index is 12.2. The number of carbonyl (C=O) groups excluding carboxylic acids is 1. The molecular weight excluding hydrogens is 320 g/mol. The summed E-state index contributed by atoms with van der Waals surface area (Å²) in [6.07, 6.45) is 8.27. The second-order valence-electron chi connectivity index (χ2n) is 5.46. The summed E-state index contributed by atoms with van der Waals surface area (Å²) in [5.74, 6) is 0. The van der Waals surface area contributed by atoms with Crippen LogP contribution in [0.15, 0.2) is 43.2 Å². The van der Waals surface area contributed by atoms with Gasteiger partial charge >= 0.3 is 6.03 Å². The number of carbonyl (C=O) groups is 1. The van der Waals surface area contributed by atoms with Crippen molar-refractivity contribution in [2.45, 2.75) is 26.3 Å². The Bertz CT molecular complexity index is 798. The van der Waals surface area contributed by atoms with Crippen LogP contribution in [0.25, 0.3) is 5.69 Å². The highest BCUT2D eigenvalue weighted by molar-refractivity contribution is 5.90. The van der Waals surface area contributed by atoms with E-state index in [0.717, 1.165) is 29.8 Å². The zero-order valence-corrected chi connectivity index (χ0v) is 14.0. The van der Waals surface area contributed by atoms with Gasteiger partial charge in [0.15, 0.2) is 0 Å². The lowest BCUT2D eigenvalue weighted by Crippen LogP contribution is -2.30. The van der Waals surface area contributed by atoms with Crippen LogP contribution in [-0.4, -0.2) is 42.3 Å². The molecule has 9 heteroatoms. The van der Waals surface area contributed by atoms with Crippen molar-refractivity contribution in [2.24, 2.45) is 0 Å². The van der Waals surface area contributed by atoms with E-state index in [4.69, 9.17) is 0 Å². The van der Waals surface area contributed by atoms with Gasteiger partial charge in [0.1, 0.15) is 12.7 Å². The van der Waals surface area contributed by atoms with Crippen molar-refractivity contribution < 1.29 is 4.79 Å². The van der Waals surface area contributed by atoms with Crippen molar-refractivity contribution in [1.82, 2.24) is 35.1 Å². The van der Waals surface area contributed by atoms with Crippen molar-refractivity contribution in [3.05, 3.63) is 48.8 Å². The van der Waals surface area contributed by atoms with Gasteiger partial charge in [0.2, 0.25) is 0 Å². The minimum Gasteiger partial charge on any atom is -0.338 e. The van der Waals surface area contributed by atoms with Crippen molar-refractivity contribution in [2.75, 3.05) is 11.9 Å². The number of rotatable bonds is 7. The molecule has 0 aliphatic carbocycles. The molecule has 3 rings (SSSR count). The van der Waals surface area contributed by atoms with Crippen molar-refractivity contribution in [1.29, 1.82) is 0 Å². The summed E-state index contributed by atoms with van der Waals surface area (Å²) in [6, 6.07) is 5.66. The fraction of sp³-hybridized carbons (Fsp3) is 0.312. The maximum Gasteiger partial charge on any atom is 0.319 e. The van der Waals surface area contributed by atoms with Gasteiger partial charge in [-0.25, -0.2) is 4.79 Å². The first kappa shape index (κ1) is 16.6. The summed E-state index contributed by atoms with van der Waals surface area (Å²) in [4.78, 5) is 12.2. The zero-order chi connectivity index (χ0) is 17.5. The van der Waals surface area contributed by atoms with E-state index in [1.54, 1.807) is 34.3 Å². The predicted molar refractivity (Wildman–Crippen MR) is 92.4 cm³/mol. The number of aromatic nitrogens is 6. The van der Waals surface area contributed by atoms with Crippen LogP contribution in [0.2, 0.25) is 0 Å².